The van der Waals surface area contributed by atoms with Crippen LogP contribution in [0.4, 0.5) is 30.9 Å². The van der Waals surface area contributed by atoms with Crippen molar-refractivity contribution in [1.29, 1.82) is 0 Å². The summed E-state index contributed by atoms with van der Waals surface area (Å²) in [7, 11) is -0.0488. The average molecular weight is 583 g/mol. The van der Waals surface area contributed by atoms with E-state index in [0.29, 0.717) is 5.56 Å². The van der Waals surface area contributed by atoms with Crippen LogP contribution >= 0.6 is 0 Å². The van der Waals surface area contributed by atoms with Gasteiger partial charge in [0.15, 0.2) is 23.1 Å². The summed E-state index contributed by atoms with van der Waals surface area (Å²) in [5.41, 5.74) is 12.6. The maximum absolute atomic E-state index is 14.1. The second-order valence-corrected chi connectivity index (χ2v) is 10.9. The Hall–Kier alpha value is -4.05. The molecule has 0 aliphatic rings. The number of anilines is 3. The SMILES string of the molecule is COC(=O)Nc1c(N)nc(-c2nn(Cc3ccccc3F)c3ncc(F)cc23)nc1N.CS(C)=O.CS(C)=O. The van der Waals surface area contributed by atoms with E-state index >= 15 is 0 Å². The molecule has 0 aliphatic carbocycles. The van der Waals surface area contributed by atoms with E-state index in [1.54, 1.807) is 43.2 Å². The number of fused-ring (bicyclic) bond motifs is 1. The Balaban J connectivity index is 0.000000590. The molecule has 0 fully saturated rings. The molecular weight excluding hydrogens is 554 g/mol. The number of benzene rings is 1. The van der Waals surface area contributed by atoms with Crippen LogP contribution in [0.3, 0.4) is 0 Å². The van der Waals surface area contributed by atoms with Crippen molar-refractivity contribution in [3.8, 4) is 11.5 Å². The monoisotopic (exact) mass is 582 g/mol. The Bertz CT molecular complexity index is 1470. The fraction of sp³-hybridized carbons (Fsp3) is 0.261. The third-order valence-corrected chi connectivity index (χ3v) is 4.42. The minimum Gasteiger partial charge on any atom is -0.453 e. The molecule has 0 radical (unpaired) electrons. The summed E-state index contributed by atoms with van der Waals surface area (Å²) in [6, 6.07) is 7.40. The normalized spacial score (nSPS) is 10.5. The third kappa shape index (κ3) is 9.03. The van der Waals surface area contributed by atoms with Gasteiger partial charge in [-0.05, 0) is 12.1 Å². The largest absolute Gasteiger partial charge is 0.453 e. The predicted molar refractivity (Wildman–Crippen MR) is 149 cm³/mol. The van der Waals surface area contributed by atoms with Gasteiger partial charge < -0.3 is 16.2 Å². The summed E-state index contributed by atoms with van der Waals surface area (Å²) in [5, 5.41) is 7.00. The van der Waals surface area contributed by atoms with Crippen molar-refractivity contribution in [2.75, 3.05) is 48.9 Å². The highest BCUT2D eigenvalue weighted by molar-refractivity contribution is 7.83. The molecular formula is C23H28F2N8O4S2. The molecule has 0 bridgehead atoms. The van der Waals surface area contributed by atoms with Crippen LogP contribution in [0, 0.1) is 11.6 Å². The summed E-state index contributed by atoms with van der Waals surface area (Å²) >= 11 is 0. The highest BCUT2D eigenvalue weighted by Gasteiger charge is 2.21. The van der Waals surface area contributed by atoms with Crippen LogP contribution in [-0.2, 0) is 32.9 Å². The molecule has 0 spiro atoms. The zero-order chi connectivity index (χ0) is 29.3. The Morgan fingerprint density at radius 3 is 2.15 bits per heavy atom. The van der Waals surface area contributed by atoms with E-state index in [0.717, 1.165) is 6.20 Å². The van der Waals surface area contributed by atoms with Crippen molar-refractivity contribution < 1.29 is 26.7 Å². The first kappa shape index (κ1) is 31.2. The van der Waals surface area contributed by atoms with Gasteiger partial charge >= 0.3 is 6.09 Å². The number of nitrogens with two attached hydrogens (primary N) is 2. The van der Waals surface area contributed by atoms with E-state index < -0.39 is 39.3 Å². The minimum absolute atomic E-state index is 0.0184. The molecule has 39 heavy (non-hydrogen) atoms. The number of ether oxygens (including phenoxy) is 1. The Labute approximate surface area is 228 Å². The molecule has 0 aliphatic heterocycles. The summed E-state index contributed by atoms with van der Waals surface area (Å²) in [4.78, 5) is 23.8. The van der Waals surface area contributed by atoms with Crippen molar-refractivity contribution in [2.45, 2.75) is 6.54 Å². The van der Waals surface area contributed by atoms with Gasteiger partial charge in [0.05, 0.1) is 25.2 Å². The number of rotatable bonds is 4. The number of halogens is 2. The first-order chi connectivity index (χ1) is 18.3. The van der Waals surface area contributed by atoms with Gasteiger partial charge in [-0.25, -0.2) is 33.2 Å². The molecule has 3 aromatic heterocycles. The number of aromatic nitrogens is 5. The zero-order valence-corrected chi connectivity index (χ0v) is 23.4. The van der Waals surface area contributed by atoms with Crippen molar-refractivity contribution in [2.24, 2.45) is 0 Å². The van der Waals surface area contributed by atoms with E-state index in [1.807, 2.05) is 0 Å². The number of nitrogens with zero attached hydrogens (tertiary/aromatic N) is 5. The van der Waals surface area contributed by atoms with Crippen LogP contribution in [-0.4, -0.2) is 71.4 Å². The average Bonchev–Trinajstić information content (AvgIpc) is 3.19. The highest BCUT2D eigenvalue weighted by atomic mass is 32.2. The second-order valence-electron chi connectivity index (χ2n) is 7.91. The minimum atomic E-state index is -0.805. The van der Waals surface area contributed by atoms with Crippen LogP contribution in [0.15, 0.2) is 36.5 Å². The fourth-order valence-electron chi connectivity index (χ4n) is 2.98. The zero-order valence-electron chi connectivity index (χ0n) is 21.8. The smallest absolute Gasteiger partial charge is 0.411 e. The number of nitrogens with one attached hydrogen (secondary N) is 1. The molecule has 3 heterocycles. The molecule has 210 valence electrons. The summed E-state index contributed by atoms with van der Waals surface area (Å²) < 4.78 is 53.1. The molecule has 12 nitrogen and oxygen atoms in total. The lowest BCUT2D eigenvalue weighted by Gasteiger charge is -2.10. The van der Waals surface area contributed by atoms with E-state index in [-0.39, 0.29) is 46.4 Å². The molecule has 4 rings (SSSR count). The Kier molecular flexibility index (Phi) is 11.3. The van der Waals surface area contributed by atoms with Gasteiger partial charge in [0.1, 0.15) is 23.0 Å². The number of amides is 1. The fourth-order valence-corrected chi connectivity index (χ4v) is 2.98. The summed E-state index contributed by atoms with van der Waals surface area (Å²) in [6.45, 7) is 0.0365. The molecule has 0 saturated carbocycles. The molecule has 0 atom stereocenters. The van der Waals surface area contributed by atoms with Crippen molar-refractivity contribution in [3.05, 3.63) is 53.7 Å². The molecule has 16 heteroatoms. The van der Waals surface area contributed by atoms with Crippen LogP contribution in [0.1, 0.15) is 5.56 Å². The Morgan fingerprint density at radius 1 is 1.05 bits per heavy atom. The number of hydrogen-bond acceptors (Lipinski definition) is 10. The van der Waals surface area contributed by atoms with E-state index in [1.165, 1.54) is 23.9 Å². The third-order valence-electron chi connectivity index (χ3n) is 4.42. The maximum atomic E-state index is 14.1. The number of methoxy groups -OCH3 is 1. The van der Waals surface area contributed by atoms with Crippen molar-refractivity contribution in [1.82, 2.24) is 24.7 Å². The van der Waals surface area contributed by atoms with Crippen molar-refractivity contribution >= 4 is 56.0 Å². The molecule has 0 unspecified atom stereocenters. The number of hydrogen-bond donors (Lipinski definition) is 3. The number of nitrogen functional groups attached to an aromatic ring is 2. The van der Waals surface area contributed by atoms with Gasteiger partial charge in [-0.15, -0.1) is 0 Å². The Morgan fingerprint density at radius 2 is 1.62 bits per heavy atom. The molecule has 4 aromatic rings. The van der Waals surface area contributed by atoms with Gasteiger partial charge in [0.25, 0.3) is 0 Å². The van der Waals surface area contributed by atoms with E-state index in [4.69, 9.17) is 11.5 Å². The molecule has 1 aromatic carbocycles. The lowest BCUT2D eigenvalue weighted by molar-refractivity contribution is 0.187. The summed E-state index contributed by atoms with van der Waals surface area (Å²) in [6.07, 6.45) is 6.78. The second kappa shape index (κ2) is 14.2. The molecule has 0 saturated heterocycles. The predicted octanol–water partition coefficient (Wildman–Crippen LogP) is 2.55. The first-order valence-electron chi connectivity index (χ1n) is 10.9. The van der Waals surface area contributed by atoms with Gasteiger partial charge in [0, 0.05) is 52.2 Å². The van der Waals surface area contributed by atoms with Crippen molar-refractivity contribution in [3.63, 3.8) is 0 Å². The number of pyridine rings is 1. The molecule has 5 N–H and O–H groups in total. The van der Waals surface area contributed by atoms with E-state index in [2.05, 4.69) is 30.1 Å². The number of carbonyl (C=O) groups is 1. The topological polar surface area (TPSA) is 181 Å². The van der Waals surface area contributed by atoms with Gasteiger partial charge in [0.2, 0.25) is 0 Å². The van der Waals surface area contributed by atoms with Gasteiger partial charge in [-0.3, -0.25) is 13.7 Å². The maximum Gasteiger partial charge on any atom is 0.411 e. The lowest BCUT2D eigenvalue weighted by Crippen LogP contribution is -2.16. The van der Waals surface area contributed by atoms with Crippen LogP contribution in [0.5, 0.6) is 0 Å². The van der Waals surface area contributed by atoms with Crippen LogP contribution in [0.25, 0.3) is 22.6 Å². The van der Waals surface area contributed by atoms with Crippen LogP contribution in [0.2, 0.25) is 0 Å². The quantitative estimate of drug-likeness (QED) is 0.323. The first-order valence-corrected chi connectivity index (χ1v) is 14.8. The van der Waals surface area contributed by atoms with Crippen LogP contribution < -0.4 is 16.8 Å². The van der Waals surface area contributed by atoms with Gasteiger partial charge in [-0.2, -0.15) is 5.10 Å². The summed E-state index contributed by atoms with van der Waals surface area (Å²) in [5.74, 6) is -1.33. The van der Waals surface area contributed by atoms with Gasteiger partial charge in [-0.1, -0.05) is 18.2 Å². The molecule has 1 amide bonds. The highest BCUT2D eigenvalue weighted by Crippen LogP contribution is 2.30. The van der Waals surface area contributed by atoms with E-state index in [9.17, 15) is 22.0 Å². The number of carbonyl (C=O) groups excluding carboxylic acids is 1. The standard InChI is InChI=1S/C19H16F2N8O2.2C2H6OS/c1-31-19(30)25-14-15(22)26-17(27-16(14)23)13-11-6-10(20)7-24-18(11)29(28-13)8-9-4-2-3-5-12(9)21;2*1-4(2)3/h2-7H,8H2,1H3,(H,25,30)(H4,22,23,26,27);2*1-2H3. The lowest BCUT2D eigenvalue weighted by atomic mass is 10.2.